The van der Waals surface area contributed by atoms with Crippen LogP contribution in [-0.2, 0) is 16.6 Å². The van der Waals surface area contributed by atoms with Crippen molar-refractivity contribution in [1.82, 2.24) is 14.1 Å². The van der Waals surface area contributed by atoms with Gasteiger partial charge in [0.25, 0.3) is 0 Å². The van der Waals surface area contributed by atoms with E-state index in [1.54, 1.807) is 17.7 Å². The number of likely N-dealkylation sites (N-methyl/N-ethyl adjacent to an activating group) is 1. The second-order valence-corrected chi connectivity index (χ2v) is 5.79. The highest BCUT2D eigenvalue weighted by atomic mass is 32.2. The predicted octanol–water partition coefficient (Wildman–Crippen LogP) is 1.07. The maximum Gasteiger partial charge on any atom is 0.248 e. The number of aromatic nitrogens is 2. The quantitative estimate of drug-likeness (QED) is 0.753. The van der Waals surface area contributed by atoms with E-state index in [-0.39, 0.29) is 17.3 Å². The van der Waals surface area contributed by atoms with Crippen LogP contribution in [0.5, 0.6) is 0 Å². The smallest absolute Gasteiger partial charge is 0.248 e. The molecule has 0 spiro atoms. The molecule has 0 saturated carbocycles. The van der Waals surface area contributed by atoms with E-state index in [0.717, 1.165) is 6.42 Å². The molecule has 0 fully saturated rings. The molecule has 0 amide bonds. The van der Waals surface area contributed by atoms with Crippen LogP contribution in [0.25, 0.3) is 0 Å². The highest BCUT2D eigenvalue weighted by Gasteiger charge is 2.26. The third-order valence-electron chi connectivity index (χ3n) is 2.51. The fourth-order valence-corrected chi connectivity index (χ4v) is 3.12. The Morgan fingerprint density at radius 2 is 2.22 bits per heavy atom. The van der Waals surface area contributed by atoms with Crippen LogP contribution in [0.1, 0.15) is 20.3 Å². The molecule has 6 nitrogen and oxygen atoms in total. The molecule has 1 aromatic heterocycles. The van der Waals surface area contributed by atoms with E-state index in [0.29, 0.717) is 13.1 Å². The summed E-state index contributed by atoms with van der Waals surface area (Å²) in [6.45, 7) is 8.59. The van der Waals surface area contributed by atoms with E-state index in [1.807, 2.05) is 6.92 Å². The van der Waals surface area contributed by atoms with E-state index in [1.165, 1.54) is 10.5 Å². The Morgan fingerprint density at radius 3 is 2.72 bits per heavy atom. The zero-order chi connectivity index (χ0) is 13.8. The summed E-state index contributed by atoms with van der Waals surface area (Å²) in [6, 6.07) is 0. The largest absolute Gasteiger partial charge is 0.381 e. The van der Waals surface area contributed by atoms with E-state index >= 15 is 0 Å². The summed E-state index contributed by atoms with van der Waals surface area (Å²) in [6.07, 6.45) is 3.90. The molecule has 0 unspecified atom stereocenters. The number of hydrogen-bond acceptors (Lipinski definition) is 4. The standard InChI is InChI=1S/C11H20N4O2S/c1-4-7-14-9-10(11(12)13-14)18(16,17)15(6-3)8-5-2/h5,9H,2,4,6-8H2,1,3H3,(H2,12,13). The zero-order valence-corrected chi connectivity index (χ0v) is 11.7. The second kappa shape index (κ2) is 6.01. The minimum absolute atomic E-state index is 0.0472. The number of nitrogen functional groups attached to an aromatic ring is 1. The first kappa shape index (κ1) is 14.7. The molecule has 0 atom stereocenters. The predicted molar refractivity (Wildman–Crippen MR) is 71.6 cm³/mol. The first-order chi connectivity index (χ1) is 8.47. The van der Waals surface area contributed by atoms with Gasteiger partial charge in [-0.25, -0.2) is 8.42 Å². The van der Waals surface area contributed by atoms with Crippen molar-refractivity contribution in [2.45, 2.75) is 31.7 Å². The first-order valence-corrected chi connectivity index (χ1v) is 7.35. The molecule has 2 N–H and O–H groups in total. The number of aryl methyl sites for hydroxylation is 1. The fourth-order valence-electron chi connectivity index (χ4n) is 1.64. The van der Waals surface area contributed by atoms with Crippen molar-refractivity contribution in [3.63, 3.8) is 0 Å². The molecule has 0 aliphatic heterocycles. The van der Waals surface area contributed by atoms with Crippen LogP contribution in [0.4, 0.5) is 5.82 Å². The lowest BCUT2D eigenvalue weighted by molar-refractivity contribution is 0.460. The Kier molecular flexibility index (Phi) is 4.92. The Balaban J connectivity index is 3.14. The molecular weight excluding hydrogens is 252 g/mol. The normalized spacial score (nSPS) is 11.9. The van der Waals surface area contributed by atoms with Gasteiger partial charge >= 0.3 is 0 Å². The van der Waals surface area contributed by atoms with Crippen molar-refractivity contribution >= 4 is 15.8 Å². The van der Waals surface area contributed by atoms with E-state index in [2.05, 4.69) is 11.7 Å². The van der Waals surface area contributed by atoms with E-state index in [9.17, 15) is 8.42 Å². The summed E-state index contributed by atoms with van der Waals surface area (Å²) in [5.41, 5.74) is 5.68. The maximum absolute atomic E-state index is 12.3. The van der Waals surface area contributed by atoms with Gasteiger partial charge in [0.2, 0.25) is 10.0 Å². The SMILES string of the molecule is C=CCN(CC)S(=O)(=O)c1cn(CCC)nc1N. The van der Waals surface area contributed by atoms with Crippen LogP contribution in [0.15, 0.2) is 23.7 Å². The average Bonchev–Trinajstić information content (AvgIpc) is 2.68. The third-order valence-corrected chi connectivity index (χ3v) is 4.47. The Hall–Kier alpha value is -1.34. The molecule has 1 aromatic rings. The lowest BCUT2D eigenvalue weighted by Gasteiger charge is -2.17. The summed E-state index contributed by atoms with van der Waals surface area (Å²) in [4.78, 5) is 0.0691. The van der Waals surface area contributed by atoms with Gasteiger partial charge in [0.15, 0.2) is 5.82 Å². The summed E-state index contributed by atoms with van der Waals surface area (Å²) in [5.74, 6) is 0.0472. The molecule has 0 aromatic carbocycles. The molecule has 0 saturated heterocycles. The molecule has 0 aliphatic rings. The van der Waals surface area contributed by atoms with Crippen molar-refractivity contribution in [3.05, 3.63) is 18.9 Å². The molecule has 0 aliphatic carbocycles. The van der Waals surface area contributed by atoms with Gasteiger partial charge in [-0.1, -0.05) is 19.9 Å². The number of hydrogen-bond donors (Lipinski definition) is 1. The van der Waals surface area contributed by atoms with Crippen LogP contribution in [0, 0.1) is 0 Å². The van der Waals surface area contributed by atoms with Crippen LogP contribution in [-0.4, -0.2) is 35.6 Å². The van der Waals surface area contributed by atoms with Crippen molar-refractivity contribution in [2.75, 3.05) is 18.8 Å². The molecule has 18 heavy (non-hydrogen) atoms. The van der Waals surface area contributed by atoms with Gasteiger partial charge < -0.3 is 5.73 Å². The Morgan fingerprint density at radius 1 is 1.56 bits per heavy atom. The maximum atomic E-state index is 12.3. The summed E-state index contributed by atoms with van der Waals surface area (Å²) < 4.78 is 27.5. The van der Waals surface area contributed by atoms with Gasteiger partial charge in [0, 0.05) is 25.8 Å². The molecule has 1 heterocycles. The Bertz CT molecular complexity index is 507. The molecule has 7 heteroatoms. The van der Waals surface area contributed by atoms with Gasteiger partial charge in [-0.2, -0.15) is 9.40 Å². The highest BCUT2D eigenvalue weighted by Crippen LogP contribution is 2.21. The van der Waals surface area contributed by atoms with Crippen LogP contribution < -0.4 is 5.73 Å². The summed E-state index contributed by atoms with van der Waals surface area (Å²) in [5, 5.41) is 4.01. The van der Waals surface area contributed by atoms with Crippen LogP contribution in [0.2, 0.25) is 0 Å². The van der Waals surface area contributed by atoms with Gasteiger partial charge in [-0.3, -0.25) is 4.68 Å². The molecule has 0 radical (unpaired) electrons. The van der Waals surface area contributed by atoms with Crippen molar-refractivity contribution in [2.24, 2.45) is 0 Å². The van der Waals surface area contributed by atoms with E-state index < -0.39 is 10.0 Å². The number of nitrogens with two attached hydrogens (primary N) is 1. The van der Waals surface area contributed by atoms with Crippen LogP contribution >= 0.6 is 0 Å². The fraction of sp³-hybridized carbons (Fsp3) is 0.545. The van der Waals surface area contributed by atoms with Crippen molar-refractivity contribution in [3.8, 4) is 0 Å². The lowest BCUT2D eigenvalue weighted by Crippen LogP contribution is -2.31. The Labute approximate surface area is 108 Å². The minimum Gasteiger partial charge on any atom is -0.381 e. The topological polar surface area (TPSA) is 81.2 Å². The second-order valence-electron chi connectivity index (χ2n) is 3.89. The molecule has 1 rings (SSSR count). The van der Waals surface area contributed by atoms with Gasteiger partial charge in [0.1, 0.15) is 4.90 Å². The molecule has 0 bridgehead atoms. The number of sulfonamides is 1. The summed E-state index contributed by atoms with van der Waals surface area (Å²) in [7, 11) is -3.59. The van der Waals surface area contributed by atoms with Gasteiger partial charge in [-0.15, -0.1) is 6.58 Å². The lowest BCUT2D eigenvalue weighted by atomic mass is 10.5. The molecule has 102 valence electrons. The third kappa shape index (κ3) is 2.91. The van der Waals surface area contributed by atoms with Crippen molar-refractivity contribution in [1.29, 1.82) is 0 Å². The monoisotopic (exact) mass is 272 g/mol. The van der Waals surface area contributed by atoms with E-state index in [4.69, 9.17) is 5.73 Å². The number of nitrogens with zero attached hydrogens (tertiary/aromatic N) is 3. The number of rotatable bonds is 7. The minimum atomic E-state index is -3.59. The highest BCUT2D eigenvalue weighted by molar-refractivity contribution is 7.89. The summed E-state index contributed by atoms with van der Waals surface area (Å²) >= 11 is 0. The molecular formula is C11H20N4O2S. The van der Waals surface area contributed by atoms with Crippen molar-refractivity contribution < 1.29 is 8.42 Å². The van der Waals surface area contributed by atoms with Gasteiger partial charge in [-0.05, 0) is 6.42 Å². The average molecular weight is 272 g/mol. The number of anilines is 1. The van der Waals surface area contributed by atoms with Gasteiger partial charge in [0.05, 0.1) is 0 Å². The van der Waals surface area contributed by atoms with Crippen LogP contribution in [0.3, 0.4) is 0 Å². The zero-order valence-electron chi connectivity index (χ0n) is 10.8. The first-order valence-electron chi connectivity index (χ1n) is 5.91.